The summed E-state index contributed by atoms with van der Waals surface area (Å²) in [6.45, 7) is 4.41. The molecule has 1 aromatic heterocycles. The van der Waals surface area contributed by atoms with Gasteiger partial charge in [0.15, 0.2) is 0 Å². The zero-order valence-electron chi connectivity index (χ0n) is 12.0. The Kier molecular flexibility index (Phi) is 4.93. The standard InChI is InChI=1S/C13H22N4O2S/c1-11-8-13(15-10-14-11)17-7-3-4-12(9-17)5-6-16-20(2,18)19/h8,10,12,16H,3-7,9H2,1-2H3/t12-/m1/s1. The zero-order chi connectivity index (χ0) is 14.6. The Hall–Kier alpha value is -1.21. The van der Waals surface area contributed by atoms with Gasteiger partial charge in [0.05, 0.1) is 6.26 Å². The largest absolute Gasteiger partial charge is 0.356 e. The first kappa shape index (κ1) is 15.2. The molecule has 0 saturated carbocycles. The van der Waals surface area contributed by atoms with Crippen LogP contribution in [0.2, 0.25) is 0 Å². The number of hydrogen-bond acceptors (Lipinski definition) is 5. The van der Waals surface area contributed by atoms with Gasteiger partial charge < -0.3 is 4.90 Å². The Bertz CT molecular complexity index is 547. The SMILES string of the molecule is Cc1cc(N2CCC[C@H](CCNS(C)(=O)=O)C2)ncn1. The molecule has 0 bridgehead atoms. The van der Waals surface area contributed by atoms with E-state index in [0.29, 0.717) is 12.5 Å². The van der Waals surface area contributed by atoms with Gasteiger partial charge in [-0.2, -0.15) is 0 Å². The number of anilines is 1. The van der Waals surface area contributed by atoms with Gasteiger partial charge >= 0.3 is 0 Å². The Morgan fingerprint density at radius 2 is 2.25 bits per heavy atom. The minimum atomic E-state index is -3.08. The van der Waals surface area contributed by atoms with Crippen LogP contribution in [0.4, 0.5) is 5.82 Å². The third-order valence-corrected chi connectivity index (χ3v) is 4.28. The molecule has 1 saturated heterocycles. The van der Waals surface area contributed by atoms with Crippen LogP contribution >= 0.6 is 0 Å². The van der Waals surface area contributed by atoms with E-state index >= 15 is 0 Å². The van der Waals surface area contributed by atoms with Crippen molar-refractivity contribution in [1.29, 1.82) is 0 Å². The van der Waals surface area contributed by atoms with E-state index in [4.69, 9.17) is 0 Å². The molecular weight excluding hydrogens is 276 g/mol. The van der Waals surface area contributed by atoms with Crippen LogP contribution < -0.4 is 9.62 Å². The van der Waals surface area contributed by atoms with Crippen molar-refractivity contribution in [1.82, 2.24) is 14.7 Å². The third kappa shape index (κ3) is 4.72. The summed E-state index contributed by atoms with van der Waals surface area (Å²) < 4.78 is 24.7. The van der Waals surface area contributed by atoms with Crippen molar-refractivity contribution in [2.75, 3.05) is 30.8 Å². The van der Waals surface area contributed by atoms with Gasteiger partial charge in [-0.15, -0.1) is 0 Å². The molecule has 6 nitrogen and oxygen atoms in total. The normalized spacial score (nSPS) is 20.1. The average molecular weight is 298 g/mol. The fourth-order valence-electron chi connectivity index (χ4n) is 2.57. The lowest BCUT2D eigenvalue weighted by atomic mass is 9.95. The second-order valence-electron chi connectivity index (χ2n) is 5.43. The maximum atomic E-state index is 11.1. The number of nitrogens with one attached hydrogen (secondary N) is 1. The molecule has 0 aliphatic carbocycles. The molecule has 1 aromatic rings. The van der Waals surface area contributed by atoms with Crippen molar-refractivity contribution in [3.8, 4) is 0 Å². The monoisotopic (exact) mass is 298 g/mol. The summed E-state index contributed by atoms with van der Waals surface area (Å²) in [6, 6.07) is 2.00. The quantitative estimate of drug-likeness (QED) is 0.875. The molecule has 0 unspecified atom stereocenters. The molecule has 0 amide bonds. The molecule has 0 spiro atoms. The second kappa shape index (κ2) is 6.49. The van der Waals surface area contributed by atoms with E-state index in [0.717, 1.165) is 43.9 Å². The summed E-state index contributed by atoms with van der Waals surface area (Å²) >= 11 is 0. The Morgan fingerprint density at radius 1 is 1.45 bits per heavy atom. The van der Waals surface area contributed by atoms with Crippen LogP contribution in [0, 0.1) is 12.8 Å². The fraction of sp³-hybridized carbons (Fsp3) is 0.692. The first-order chi connectivity index (χ1) is 9.44. The number of hydrogen-bond donors (Lipinski definition) is 1. The number of rotatable bonds is 5. The van der Waals surface area contributed by atoms with E-state index in [1.165, 1.54) is 6.26 Å². The van der Waals surface area contributed by atoms with Crippen LogP contribution in [0.15, 0.2) is 12.4 Å². The molecule has 1 aliphatic rings. The van der Waals surface area contributed by atoms with E-state index in [9.17, 15) is 8.42 Å². The molecule has 0 radical (unpaired) electrons. The summed E-state index contributed by atoms with van der Waals surface area (Å²) in [6.07, 6.45) is 5.93. The molecule has 0 aromatic carbocycles. The van der Waals surface area contributed by atoms with Gasteiger partial charge in [0.2, 0.25) is 10.0 Å². The second-order valence-corrected chi connectivity index (χ2v) is 7.26. The summed E-state index contributed by atoms with van der Waals surface area (Å²) in [5, 5.41) is 0. The number of nitrogens with zero attached hydrogens (tertiary/aromatic N) is 3. The van der Waals surface area contributed by atoms with Crippen LogP contribution in [-0.2, 0) is 10.0 Å². The molecule has 2 rings (SSSR count). The van der Waals surface area contributed by atoms with Gasteiger partial charge in [-0.05, 0) is 32.1 Å². The van der Waals surface area contributed by atoms with Gasteiger partial charge in [0.1, 0.15) is 12.1 Å². The predicted molar refractivity (Wildman–Crippen MR) is 79.2 cm³/mol. The minimum absolute atomic E-state index is 0.508. The number of aromatic nitrogens is 2. The third-order valence-electron chi connectivity index (χ3n) is 3.55. The van der Waals surface area contributed by atoms with Crippen LogP contribution in [0.1, 0.15) is 25.0 Å². The summed E-state index contributed by atoms with van der Waals surface area (Å²) in [5.74, 6) is 1.48. The molecule has 20 heavy (non-hydrogen) atoms. The van der Waals surface area contributed by atoms with E-state index in [2.05, 4.69) is 19.6 Å². The van der Waals surface area contributed by atoms with Gasteiger partial charge in [-0.1, -0.05) is 0 Å². The molecule has 112 valence electrons. The van der Waals surface area contributed by atoms with Crippen LogP contribution in [0.5, 0.6) is 0 Å². The topological polar surface area (TPSA) is 75.2 Å². The number of piperidine rings is 1. The molecule has 1 aliphatic heterocycles. The lowest BCUT2D eigenvalue weighted by molar-refractivity contribution is 0.390. The van der Waals surface area contributed by atoms with Crippen molar-refractivity contribution in [2.45, 2.75) is 26.2 Å². The first-order valence-corrected chi connectivity index (χ1v) is 8.81. The summed E-state index contributed by atoms with van der Waals surface area (Å²) in [4.78, 5) is 10.7. The van der Waals surface area contributed by atoms with Crippen LogP contribution in [0.25, 0.3) is 0 Å². The van der Waals surface area contributed by atoms with Crippen LogP contribution in [0.3, 0.4) is 0 Å². The summed E-state index contributed by atoms with van der Waals surface area (Å²) in [5.41, 5.74) is 0.968. The Labute approximate surface area is 120 Å². The average Bonchev–Trinajstić information content (AvgIpc) is 2.38. The van der Waals surface area contributed by atoms with Gasteiger partial charge in [-0.3, -0.25) is 0 Å². The molecule has 1 atom stereocenters. The van der Waals surface area contributed by atoms with Crippen molar-refractivity contribution >= 4 is 15.8 Å². The first-order valence-electron chi connectivity index (χ1n) is 6.92. The number of sulfonamides is 1. The van der Waals surface area contributed by atoms with E-state index in [1.54, 1.807) is 6.33 Å². The lowest BCUT2D eigenvalue weighted by Crippen LogP contribution is -2.37. The zero-order valence-corrected chi connectivity index (χ0v) is 12.9. The predicted octanol–water partition coefficient (Wildman–Crippen LogP) is 0.941. The highest BCUT2D eigenvalue weighted by atomic mass is 32.2. The highest BCUT2D eigenvalue weighted by Crippen LogP contribution is 2.23. The molecule has 7 heteroatoms. The van der Waals surface area contributed by atoms with Gasteiger partial charge in [0, 0.05) is 31.4 Å². The molecule has 1 N–H and O–H groups in total. The highest BCUT2D eigenvalue weighted by Gasteiger charge is 2.21. The van der Waals surface area contributed by atoms with Gasteiger partial charge in [0.25, 0.3) is 0 Å². The minimum Gasteiger partial charge on any atom is -0.356 e. The summed E-state index contributed by atoms with van der Waals surface area (Å²) in [7, 11) is -3.08. The molecule has 1 fully saturated rings. The van der Waals surface area contributed by atoms with Crippen molar-refractivity contribution in [2.24, 2.45) is 5.92 Å². The van der Waals surface area contributed by atoms with Gasteiger partial charge in [-0.25, -0.2) is 23.1 Å². The smallest absolute Gasteiger partial charge is 0.208 e. The lowest BCUT2D eigenvalue weighted by Gasteiger charge is -2.33. The molecular formula is C13H22N4O2S. The molecule has 2 heterocycles. The maximum absolute atomic E-state index is 11.1. The van der Waals surface area contributed by atoms with Crippen molar-refractivity contribution in [3.63, 3.8) is 0 Å². The van der Waals surface area contributed by atoms with E-state index in [-0.39, 0.29) is 0 Å². The Balaban J connectivity index is 1.88. The Morgan fingerprint density at radius 3 is 2.95 bits per heavy atom. The van der Waals surface area contributed by atoms with Crippen LogP contribution in [-0.4, -0.2) is 44.3 Å². The van der Waals surface area contributed by atoms with E-state index in [1.807, 2.05) is 13.0 Å². The van der Waals surface area contributed by atoms with E-state index < -0.39 is 10.0 Å². The van der Waals surface area contributed by atoms with Crippen molar-refractivity contribution in [3.05, 3.63) is 18.1 Å². The maximum Gasteiger partial charge on any atom is 0.208 e. The van der Waals surface area contributed by atoms with Crippen molar-refractivity contribution < 1.29 is 8.42 Å². The fourth-order valence-corrected chi connectivity index (χ4v) is 3.06. The highest BCUT2D eigenvalue weighted by molar-refractivity contribution is 7.88. The number of aryl methyl sites for hydroxylation is 1.